The first-order valence-corrected chi connectivity index (χ1v) is 10.5. The molecule has 0 spiro atoms. The number of rotatable bonds is 6. The number of nitrogens with zero attached hydrogens (tertiary/aromatic N) is 4. The highest BCUT2D eigenvalue weighted by molar-refractivity contribution is 5.78. The largest absolute Gasteiger partial charge is 0.391 e. The second-order valence-electron chi connectivity index (χ2n) is 8.31. The summed E-state index contributed by atoms with van der Waals surface area (Å²) in [6, 6.07) is 3.49. The van der Waals surface area contributed by atoms with E-state index in [9.17, 15) is 9.90 Å². The van der Waals surface area contributed by atoms with Gasteiger partial charge in [0, 0.05) is 37.9 Å². The van der Waals surface area contributed by atoms with Crippen molar-refractivity contribution in [1.82, 2.24) is 20.3 Å². The SMILES string of the molecule is CCCc1cnc(N2C[C@H]3C[C@H](O)[C@@H](NC(=O)Cc4ccncc4)C[C@H]3C2)nc1. The minimum atomic E-state index is -0.509. The number of pyridine rings is 1. The maximum atomic E-state index is 12.4. The maximum absolute atomic E-state index is 12.4. The molecule has 1 saturated carbocycles. The van der Waals surface area contributed by atoms with E-state index in [1.165, 1.54) is 5.56 Å². The van der Waals surface area contributed by atoms with E-state index in [4.69, 9.17) is 0 Å². The average Bonchev–Trinajstić information content (AvgIpc) is 3.12. The molecule has 154 valence electrons. The zero-order chi connectivity index (χ0) is 20.2. The molecule has 2 aromatic heterocycles. The Hall–Kier alpha value is -2.54. The molecule has 7 heteroatoms. The Kier molecular flexibility index (Phi) is 6.04. The van der Waals surface area contributed by atoms with Crippen LogP contribution in [-0.4, -0.2) is 51.2 Å². The van der Waals surface area contributed by atoms with Gasteiger partial charge in [-0.25, -0.2) is 9.97 Å². The van der Waals surface area contributed by atoms with Gasteiger partial charge in [0.15, 0.2) is 0 Å². The van der Waals surface area contributed by atoms with Gasteiger partial charge in [-0.05, 0) is 54.4 Å². The van der Waals surface area contributed by atoms with E-state index >= 15 is 0 Å². The molecule has 1 aliphatic heterocycles. The van der Waals surface area contributed by atoms with E-state index in [1.54, 1.807) is 12.4 Å². The molecule has 4 atom stereocenters. The summed E-state index contributed by atoms with van der Waals surface area (Å²) in [5, 5.41) is 13.7. The topological polar surface area (TPSA) is 91.2 Å². The van der Waals surface area contributed by atoms with E-state index in [1.807, 2.05) is 24.5 Å². The van der Waals surface area contributed by atoms with Crippen molar-refractivity contribution < 1.29 is 9.90 Å². The molecule has 0 unspecified atom stereocenters. The standard InChI is InChI=1S/C22H29N5O2/c1-2-3-16-11-24-22(25-12-16)27-13-17-9-19(20(28)10-18(17)14-27)26-21(29)8-15-4-6-23-7-5-15/h4-7,11-12,17-20,28H,2-3,8-10,13-14H2,1H3,(H,26,29)/t17-,18+,19-,20-/m0/s1. The third kappa shape index (κ3) is 4.72. The van der Waals surface area contributed by atoms with Crippen LogP contribution in [0.25, 0.3) is 0 Å². The van der Waals surface area contributed by atoms with Crippen molar-refractivity contribution in [2.24, 2.45) is 11.8 Å². The number of aromatic nitrogens is 3. The minimum absolute atomic E-state index is 0.0524. The van der Waals surface area contributed by atoms with Crippen molar-refractivity contribution in [1.29, 1.82) is 0 Å². The smallest absolute Gasteiger partial charge is 0.225 e. The summed E-state index contributed by atoms with van der Waals surface area (Å²) in [4.78, 5) is 27.7. The second-order valence-corrected chi connectivity index (χ2v) is 8.31. The van der Waals surface area contributed by atoms with Crippen LogP contribution in [0.1, 0.15) is 37.3 Å². The summed E-state index contributed by atoms with van der Waals surface area (Å²) in [6.45, 7) is 3.89. The van der Waals surface area contributed by atoms with Crippen LogP contribution in [-0.2, 0) is 17.6 Å². The highest BCUT2D eigenvalue weighted by atomic mass is 16.3. The van der Waals surface area contributed by atoms with Crippen LogP contribution in [0.5, 0.6) is 0 Å². The molecule has 1 aliphatic carbocycles. The maximum Gasteiger partial charge on any atom is 0.225 e. The first kappa shape index (κ1) is 19.8. The summed E-state index contributed by atoms with van der Waals surface area (Å²) in [7, 11) is 0. The number of anilines is 1. The van der Waals surface area contributed by atoms with Crippen LogP contribution in [0.2, 0.25) is 0 Å². The Balaban J connectivity index is 1.34. The van der Waals surface area contributed by atoms with Crippen molar-refractivity contribution in [2.75, 3.05) is 18.0 Å². The minimum Gasteiger partial charge on any atom is -0.391 e. The summed E-state index contributed by atoms with van der Waals surface area (Å²) < 4.78 is 0. The van der Waals surface area contributed by atoms with Gasteiger partial charge < -0.3 is 15.3 Å². The van der Waals surface area contributed by atoms with Gasteiger partial charge in [-0.3, -0.25) is 9.78 Å². The number of carbonyl (C=O) groups excluding carboxylic acids is 1. The van der Waals surface area contributed by atoms with E-state index < -0.39 is 6.10 Å². The average molecular weight is 396 g/mol. The molecule has 2 N–H and O–H groups in total. The van der Waals surface area contributed by atoms with E-state index in [0.717, 1.165) is 43.9 Å². The molecule has 4 rings (SSSR count). The zero-order valence-corrected chi connectivity index (χ0v) is 16.9. The van der Waals surface area contributed by atoms with Crippen molar-refractivity contribution in [3.8, 4) is 0 Å². The van der Waals surface area contributed by atoms with E-state index in [0.29, 0.717) is 24.7 Å². The van der Waals surface area contributed by atoms with Gasteiger partial charge in [0.25, 0.3) is 0 Å². The highest BCUT2D eigenvalue weighted by Crippen LogP contribution is 2.37. The van der Waals surface area contributed by atoms with Gasteiger partial charge in [0.05, 0.1) is 18.6 Å². The summed E-state index contributed by atoms with van der Waals surface area (Å²) in [6.07, 6.45) is 10.6. The third-order valence-corrected chi connectivity index (χ3v) is 6.12. The van der Waals surface area contributed by atoms with Crippen LogP contribution in [0.4, 0.5) is 5.95 Å². The first-order valence-electron chi connectivity index (χ1n) is 10.5. The molecule has 2 aromatic rings. The van der Waals surface area contributed by atoms with Gasteiger partial charge in [-0.1, -0.05) is 13.3 Å². The summed E-state index contributed by atoms with van der Waals surface area (Å²) in [5.41, 5.74) is 2.09. The monoisotopic (exact) mass is 395 g/mol. The highest BCUT2D eigenvalue weighted by Gasteiger charge is 2.42. The quantitative estimate of drug-likeness (QED) is 0.774. The third-order valence-electron chi connectivity index (χ3n) is 6.12. The molecule has 0 radical (unpaired) electrons. The number of aliphatic hydroxyl groups excluding tert-OH is 1. The van der Waals surface area contributed by atoms with Gasteiger partial charge in [0.1, 0.15) is 0 Å². The fourth-order valence-electron chi connectivity index (χ4n) is 4.62. The lowest BCUT2D eigenvalue weighted by Crippen LogP contribution is -2.49. The predicted molar refractivity (Wildman–Crippen MR) is 110 cm³/mol. The number of amides is 1. The van der Waals surface area contributed by atoms with Crippen molar-refractivity contribution in [2.45, 2.75) is 51.2 Å². The van der Waals surface area contributed by atoms with Gasteiger partial charge in [0.2, 0.25) is 11.9 Å². The summed E-state index contributed by atoms with van der Waals surface area (Å²) >= 11 is 0. The number of aryl methyl sites for hydroxylation is 1. The molecule has 3 heterocycles. The number of aliphatic hydroxyl groups is 1. The number of hydrogen-bond acceptors (Lipinski definition) is 6. The van der Waals surface area contributed by atoms with Crippen LogP contribution in [0, 0.1) is 11.8 Å². The Morgan fingerprint density at radius 3 is 2.52 bits per heavy atom. The van der Waals surface area contributed by atoms with Crippen LogP contribution < -0.4 is 10.2 Å². The Bertz CT molecular complexity index is 814. The van der Waals surface area contributed by atoms with Gasteiger partial charge >= 0.3 is 0 Å². The number of hydrogen-bond donors (Lipinski definition) is 2. The van der Waals surface area contributed by atoms with Crippen LogP contribution in [0.3, 0.4) is 0 Å². The molecular weight excluding hydrogens is 366 g/mol. The number of carbonyl (C=O) groups is 1. The molecule has 1 amide bonds. The molecule has 2 fully saturated rings. The number of fused-ring (bicyclic) bond motifs is 1. The predicted octanol–water partition coefficient (Wildman–Crippen LogP) is 1.76. The molecular formula is C22H29N5O2. The fraction of sp³-hybridized carbons (Fsp3) is 0.545. The van der Waals surface area contributed by atoms with Gasteiger partial charge in [-0.15, -0.1) is 0 Å². The van der Waals surface area contributed by atoms with Gasteiger partial charge in [-0.2, -0.15) is 0 Å². The van der Waals surface area contributed by atoms with Crippen LogP contribution >= 0.6 is 0 Å². The lowest BCUT2D eigenvalue weighted by molar-refractivity contribution is -0.122. The van der Waals surface area contributed by atoms with E-state index in [-0.39, 0.29) is 11.9 Å². The van der Waals surface area contributed by atoms with Crippen molar-refractivity contribution >= 4 is 11.9 Å². The fourth-order valence-corrected chi connectivity index (χ4v) is 4.62. The molecule has 2 aliphatic rings. The molecule has 0 bridgehead atoms. The molecule has 0 aromatic carbocycles. The number of nitrogens with one attached hydrogen (secondary N) is 1. The Morgan fingerprint density at radius 1 is 1.14 bits per heavy atom. The first-order chi connectivity index (χ1) is 14.1. The lowest BCUT2D eigenvalue weighted by atomic mass is 9.77. The summed E-state index contributed by atoms with van der Waals surface area (Å²) in [5.74, 6) is 1.57. The molecule has 29 heavy (non-hydrogen) atoms. The lowest BCUT2D eigenvalue weighted by Gasteiger charge is -2.35. The molecule has 7 nitrogen and oxygen atoms in total. The molecule has 1 saturated heterocycles. The zero-order valence-electron chi connectivity index (χ0n) is 16.9. The normalized spacial score (nSPS) is 26.2. The van der Waals surface area contributed by atoms with Crippen molar-refractivity contribution in [3.05, 3.63) is 48.0 Å². The Labute approximate surface area is 171 Å². The van der Waals surface area contributed by atoms with E-state index in [2.05, 4.69) is 32.1 Å². The van der Waals surface area contributed by atoms with Crippen LogP contribution in [0.15, 0.2) is 36.9 Å². The second kappa shape index (κ2) is 8.86. The Morgan fingerprint density at radius 2 is 1.83 bits per heavy atom. The van der Waals surface area contributed by atoms with Crippen molar-refractivity contribution in [3.63, 3.8) is 0 Å².